The molecule has 0 bridgehead atoms. The fourth-order valence-corrected chi connectivity index (χ4v) is 2.72. The van der Waals surface area contributed by atoms with Crippen LogP contribution in [0.5, 0.6) is 0 Å². The van der Waals surface area contributed by atoms with Crippen molar-refractivity contribution in [3.8, 4) is 0 Å². The summed E-state index contributed by atoms with van der Waals surface area (Å²) in [5.41, 5.74) is 2.97. The third-order valence-electron chi connectivity index (χ3n) is 4.48. The quantitative estimate of drug-likeness (QED) is 0.324. The molecule has 1 aromatic heterocycles. The maximum Gasteiger partial charge on any atom is 0.241 e. The Kier molecular flexibility index (Phi) is 11.2. The Hall–Kier alpha value is -2.23. The molecule has 2 rings (SSSR count). The Morgan fingerprint density at radius 2 is 2.00 bits per heavy atom. The monoisotopic (exact) mass is 513 g/mol. The number of likely N-dealkylation sites (N-methyl/N-ethyl adjacent to an activating group) is 1. The molecule has 6 nitrogen and oxygen atoms in total. The molecule has 0 atom stereocenters. The van der Waals surface area contributed by atoms with E-state index in [1.807, 2.05) is 25.1 Å². The van der Waals surface area contributed by atoms with Gasteiger partial charge in [0.1, 0.15) is 5.82 Å². The van der Waals surface area contributed by atoms with Crippen LogP contribution >= 0.6 is 24.0 Å². The minimum absolute atomic E-state index is 0. The second kappa shape index (κ2) is 13.1. The maximum absolute atomic E-state index is 13.2. The highest BCUT2D eigenvalue weighted by atomic mass is 127. The summed E-state index contributed by atoms with van der Waals surface area (Å²) >= 11 is 0. The topological polar surface area (TPSA) is 69.6 Å². The Morgan fingerprint density at radius 3 is 2.66 bits per heavy atom. The lowest BCUT2D eigenvalue weighted by Crippen LogP contribution is -2.44. The van der Waals surface area contributed by atoms with Crippen LogP contribution in [-0.2, 0) is 17.6 Å². The molecular weight excluding hydrogens is 484 g/mol. The van der Waals surface area contributed by atoms with Crippen LogP contribution in [0.1, 0.15) is 16.8 Å². The molecule has 0 saturated heterocycles. The van der Waals surface area contributed by atoms with Crippen molar-refractivity contribution in [1.29, 1.82) is 0 Å². The Bertz CT molecular complexity index is 801. The SMILES string of the molecule is CN=C(NCCc1ccc(F)cc1C)NCC(=O)N(C)CCc1ccccn1.I. The molecule has 0 unspecified atom stereocenters. The molecule has 0 spiro atoms. The summed E-state index contributed by atoms with van der Waals surface area (Å²) in [5.74, 6) is 0.317. The molecule has 158 valence electrons. The molecule has 0 aliphatic rings. The number of nitrogens with one attached hydrogen (secondary N) is 2. The van der Waals surface area contributed by atoms with E-state index < -0.39 is 0 Å². The first-order valence-electron chi connectivity index (χ1n) is 9.33. The number of hydrogen-bond acceptors (Lipinski definition) is 3. The Balaban J connectivity index is 0.00000420. The van der Waals surface area contributed by atoms with Gasteiger partial charge in [0.15, 0.2) is 5.96 Å². The van der Waals surface area contributed by atoms with Gasteiger partial charge in [0.05, 0.1) is 6.54 Å². The minimum Gasteiger partial charge on any atom is -0.356 e. The third kappa shape index (κ3) is 8.76. The van der Waals surface area contributed by atoms with Crippen LogP contribution in [0.3, 0.4) is 0 Å². The van der Waals surface area contributed by atoms with Gasteiger partial charge in [0, 0.05) is 45.5 Å². The number of carbonyl (C=O) groups excluding carboxylic acids is 1. The van der Waals surface area contributed by atoms with Crippen LogP contribution in [0.4, 0.5) is 4.39 Å². The van der Waals surface area contributed by atoms with E-state index in [9.17, 15) is 9.18 Å². The number of benzene rings is 1. The van der Waals surface area contributed by atoms with Crippen LogP contribution in [-0.4, -0.2) is 55.5 Å². The number of guanidine groups is 1. The van der Waals surface area contributed by atoms with E-state index in [2.05, 4.69) is 20.6 Å². The summed E-state index contributed by atoms with van der Waals surface area (Å²) in [7, 11) is 3.44. The van der Waals surface area contributed by atoms with E-state index in [0.717, 1.165) is 23.2 Å². The molecule has 2 N–H and O–H groups in total. The lowest BCUT2D eigenvalue weighted by molar-refractivity contribution is -0.128. The van der Waals surface area contributed by atoms with Crippen LogP contribution in [0, 0.1) is 12.7 Å². The molecule has 0 saturated carbocycles. The number of halogens is 2. The van der Waals surface area contributed by atoms with Gasteiger partial charge < -0.3 is 15.5 Å². The fraction of sp³-hybridized carbons (Fsp3) is 0.381. The lowest BCUT2D eigenvalue weighted by Gasteiger charge is -2.18. The second-order valence-electron chi connectivity index (χ2n) is 6.56. The van der Waals surface area contributed by atoms with Gasteiger partial charge in [0.2, 0.25) is 5.91 Å². The molecule has 1 amide bonds. The highest BCUT2D eigenvalue weighted by Crippen LogP contribution is 2.10. The number of aromatic nitrogens is 1. The summed E-state index contributed by atoms with van der Waals surface area (Å²) in [4.78, 5) is 22.4. The van der Waals surface area contributed by atoms with Crippen molar-refractivity contribution in [2.24, 2.45) is 4.99 Å². The summed E-state index contributed by atoms with van der Waals surface area (Å²) in [6, 6.07) is 10.6. The van der Waals surface area contributed by atoms with Crippen LogP contribution in [0.15, 0.2) is 47.6 Å². The number of pyridine rings is 1. The Morgan fingerprint density at radius 1 is 1.21 bits per heavy atom. The highest BCUT2D eigenvalue weighted by Gasteiger charge is 2.10. The molecule has 8 heteroatoms. The molecule has 1 heterocycles. The number of rotatable bonds is 8. The molecule has 0 aliphatic heterocycles. The molecule has 2 aromatic rings. The number of amides is 1. The number of aliphatic imine (C=N–C) groups is 1. The van der Waals surface area contributed by atoms with Crippen molar-refractivity contribution < 1.29 is 9.18 Å². The van der Waals surface area contributed by atoms with Crippen LogP contribution in [0.25, 0.3) is 0 Å². The maximum atomic E-state index is 13.2. The Labute approximate surface area is 189 Å². The highest BCUT2D eigenvalue weighted by molar-refractivity contribution is 14.0. The van der Waals surface area contributed by atoms with Gasteiger partial charge in [0.25, 0.3) is 0 Å². The molecule has 0 radical (unpaired) electrons. The van der Waals surface area contributed by atoms with Gasteiger partial charge in [-0.25, -0.2) is 4.39 Å². The second-order valence-corrected chi connectivity index (χ2v) is 6.56. The number of carbonyl (C=O) groups is 1. The third-order valence-corrected chi connectivity index (χ3v) is 4.48. The molecule has 29 heavy (non-hydrogen) atoms. The van der Waals surface area contributed by atoms with Gasteiger partial charge in [-0.1, -0.05) is 12.1 Å². The summed E-state index contributed by atoms with van der Waals surface area (Å²) in [6.07, 6.45) is 3.21. The van der Waals surface area contributed by atoms with E-state index in [1.165, 1.54) is 12.1 Å². The van der Waals surface area contributed by atoms with Gasteiger partial charge in [-0.05, 0) is 48.7 Å². The normalized spacial score (nSPS) is 10.8. The summed E-state index contributed by atoms with van der Waals surface area (Å²) < 4.78 is 13.2. The first-order valence-corrected chi connectivity index (χ1v) is 9.33. The first-order chi connectivity index (χ1) is 13.5. The zero-order valence-electron chi connectivity index (χ0n) is 17.1. The van der Waals surface area contributed by atoms with Crippen LogP contribution < -0.4 is 10.6 Å². The van der Waals surface area contributed by atoms with Crippen molar-refractivity contribution in [3.05, 3.63) is 65.2 Å². The fourth-order valence-electron chi connectivity index (χ4n) is 2.72. The molecule has 0 aliphatic carbocycles. The average molecular weight is 513 g/mol. The largest absolute Gasteiger partial charge is 0.356 e. The number of aryl methyl sites for hydroxylation is 1. The lowest BCUT2D eigenvalue weighted by atomic mass is 10.1. The van der Waals surface area contributed by atoms with Crippen molar-refractivity contribution in [2.45, 2.75) is 19.8 Å². The smallest absolute Gasteiger partial charge is 0.241 e. The summed E-state index contributed by atoms with van der Waals surface area (Å²) in [5, 5.41) is 6.21. The van der Waals surface area contributed by atoms with Crippen molar-refractivity contribution in [3.63, 3.8) is 0 Å². The number of hydrogen-bond donors (Lipinski definition) is 2. The van der Waals surface area contributed by atoms with Crippen LogP contribution in [0.2, 0.25) is 0 Å². The van der Waals surface area contributed by atoms with E-state index in [4.69, 9.17) is 0 Å². The van der Waals surface area contributed by atoms with Gasteiger partial charge in [-0.3, -0.25) is 14.8 Å². The van der Waals surface area contributed by atoms with Gasteiger partial charge in [-0.15, -0.1) is 24.0 Å². The zero-order valence-corrected chi connectivity index (χ0v) is 19.4. The van der Waals surface area contributed by atoms with Gasteiger partial charge >= 0.3 is 0 Å². The standard InChI is InChI=1S/C21H28FN5O.HI/c1-16-14-18(22)8-7-17(16)9-12-25-21(23-2)26-15-20(28)27(3)13-10-19-6-4-5-11-24-19;/h4-8,11,14H,9-10,12-13,15H2,1-3H3,(H2,23,25,26);1H. The predicted molar refractivity (Wildman–Crippen MR) is 125 cm³/mol. The average Bonchev–Trinajstić information content (AvgIpc) is 2.70. The first kappa shape index (κ1) is 24.8. The van der Waals surface area contributed by atoms with Crippen molar-refractivity contribution in [1.82, 2.24) is 20.5 Å². The zero-order chi connectivity index (χ0) is 20.4. The van der Waals surface area contributed by atoms with E-state index in [0.29, 0.717) is 25.5 Å². The van der Waals surface area contributed by atoms with E-state index in [-0.39, 0.29) is 42.2 Å². The van der Waals surface area contributed by atoms with Gasteiger partial charge in [-0.2, -0.15) is 0 Å². The molecule has 1 aromatic carbocycles. The van der Waals surface area contributed by atoms with E-state index >= 15 is 0 Å². The minimum atomic E-state index is -0.225. The molecule has 0 fully saturated rings. The van der Waals surface area contributed by atoms with Crippen molar-refractivity contribution >= 4 is 35.8 Å². The van der Waals surface area contributed by atoms with Crippen molar-refractivity contribution in [2.75, 3.05) is 33.7 Å². The van der Waals surface area contributed by atoms with E-state index in [1.54, 1.807) is 31.3 Å². The number of nitrogens with zero attached hydrogens (tertiary/aromatic N) is 3. The summed E-state index contributed by atoms with van der Waals surface area (Å²) in [6.45, 7) is 3.29. The predicted octanol–water partition coefficient (Wildman–Crippen LogP) is 2.56. The molecular formula is C21H29FIN5O.